The Morgan fingerprint density at radius 3 is 2.57 bits per heavy atom. The summed E-state index contributed by atoms with van der Waals surface area (Å²) in [6, 6.07) is 14.6. The number of hydrogen-bond donors (Lipinski definition) is 1. The molecule has 4 nitrogen and oxygen atoms in total. The molecule has 0 aliphatic rings. The summed E-state index contributed by atoms with van der Waals surface area (Å²) in [5.41, 5.74) is 3.01. The van der Waals surface area contributed by atoms with E-state index in [1.54, 1.807) is 24.4 Å². The van der Waals surface area contributed by atoms with Crippen LogP contribution in [-0.2, 0) is 16.4 Å². The van der Waals surface area contributed by atoms with Crippen LogP contribution >= 0.6 is 0 Å². The molecule has 2 aromatic carbocycles. The fraction of sp³-hybridized carbons (Fsp3) is 0.167. The maximum Gasteiger partial charge on any atom is 0.264 e. The molecule has 0 aliphatic heterocycles. The molecule has 1 N–H and O–H groups in total. The maximum atomic E-state index is 12.9. The van der Waals surface area contributed by atoms with Crippen LogP contribution in [0.25, 0.3) is 10.9 Å². The van der Waals surface area contributed by atoms with Crippen molar-refractivity contribution in [3.63, 3.8) is 0 Å². The van der Waals surface area contributed by atoms with Crippen LogP contribution in [0, 0.1) is 6.92 Å². The van der Waals surface area contributed by atoms with Gasteiger partial charge in [0.2, 0.25) is 0 Å². The first-order chi connectivity index (χ1) is 11.0. The average molecular weight is 326 g/mol. The van der Waals surface area contributed by atoms with Crippen molar-refractivity contribution in [2.75, 3.05) is 4.72 Å². The molecule has 0 aliphatic carbocycles. The largest absolute Gasteiger partial charge is 0.279 e. The Morgan fingerprint density at radius 1 is 1.04 bits per heavy atom. The molecule has 0 unspecified atom stereocenters. The highest BCUT2D eigenvalue weighted by molar-refractivity contribution is 7.93. The smallest absolute Gasteiger partial charge is 0.264 e. The van der Waals surface area contributed by atoms with E-state index in [-0.39, 0.29) is 4.90 Å². The van der Waals surface area contributed by atoms with Gasteiger partial charge in [-0.2, -0.15) is 0 Å². The van der Waals surface area contributed by atoms with Crippen molar-refractivity contribution >= 4 is 26.6 Å². The monoisotopic (exact) mass is 326 g/mol. The van der Waals surface area contributed by atoms with Crippen LogP contribution in [0.15, 0.2) is 59.6 Å². The minimum absolute atomic E-state index is 0.195. The molecule has 3 rings (SSSR count). The summed E-state index contributed by atoms with van der Waals surface area (Å²) >= 11 is 0. The van der Waals surface area contributed by atoms with Gasteiger partial charge in [-0.05, 0) is 36.6 Å². The molecule has 1 heterocycles. The molecular formula is C18H18N2O2S. The second kappa shape index (κ2) is 6.01. The van der Waals surface area contributed by atoms with Gasteiger partial charge in [-0.3, -0.25) is 9.71 Å². The van der Waals surface area contributed by atoms with Crippen LogP contribution in [0.3, 0.4) is 0 Å². The third-order valence-electron chi connectivity index (χ3n) is 3.86. The van der Waals surface area contributed by atoms with Crippen LogP contribution < -0.4 is 4.72 Å². The predicted molar refractivity (Wildman–Crippen MR) is 93.1 cm³/mol. The second-order valence-corrected chi connectivity index (χ2v) is 7.05. The Kier molecular flexibility index (Phi) is 4.05. The van der Waals surface area contributed by atoms with Gasteiger partial charge < -0.3 is 0 Å². The minimum Gasteiger partial charge on any atom is -0.279 e. The van der Waals surface area contributed by atoms with E-state index in [2.05, 4.69) is 9.71 Å². The Bertz CT molecular complexity index is 960. The number of fused-ring (bicyclic) bond motifs is 1. The lowest BCUT2D eigenvalue weighted by Gasteiger charge is -2.15. The van der Waals surface area contributed by atoms with E-state index >= 15 is 0 Å². The molecule has 0 saturated carbocycles. The van der Waals surface area contributed by atoms with Crippen molar-refractivity contribution in [3.05, 3.63) is 65.9 Å². The number of sulfonamides is 1. The number of anilines is 1. The van der Waals surface area contributed by atoms with E-state index in [4.69, 9.17) is 0 Å². The molecule has 1 aromatic heterocycles. The van der Waals surface area contributed by atoms with E-state index in [0.29, 0.717) is 11.2 Å². The second-order valence-electron chi connectivity index (χ2n) is 5.40. The SMILES string of the molecule is CCc1cccc(C)c1NS(=O)(=O)c1cccc2cccnc12. The first-order valence-electron chi connectivity index (χ1n) is 7.48. The highest BCUT2D eigenvalue weighted by Crippen LogP contribution is 2.27. The molecule has 0 fully saturated rings. The molecule has 23 heavy (non-hydrogen) atoms. The normalized spacial score (nSPS) is 11.6. The minimum atomic E-state index is -3.71. The zero-order valence-corrected chi connectivity index (χ0v) is 13.9. The van der Waals surface area contributed by atoms with Crippen LogP contribution in [0.1, 0.15) is 18.1 Å². The highest BCUT2D eigenvalue weighted by atomic mass is 32.2. The van der Waals surface area contributed by atoms with Gasteiger partial charge in [0.15, 0.2) is 0 Å². The summed E-state index contributed by atoms with van der Waals surface area (Å²) < 4.78 is 28.5. The summed E-state index contributed by atoms with van der Waals surface area (Å²) in [7, 11) is -3.71. The topological polar surface area (TPSA) is 59.1 Å². The van der Waals surface area contributed by atoms with Crippen LogP contribution in [-0.4, -0.2) is 13.4 Å². The lowest BCUT2D eigenvalue weighted by molar-refractivity contribution is 0.602. The third-order valence-corrected chi connectivity index (χ3v) is 5.24. The molecule has 3 aromatic rings. The van der Waals surface area contributed by atoms with Crippen molar-refractivity contribution in [1.29, 1.82) is 0 Å². The third kappa shape index (κ3) is 2.92. The van der Waals surface area contributed by atoms with Crippen LogP contribution in [0.2, 0.25) is 0 Å². The Labute approximate surface area is 136 Å². The van der Waals surface area contributed by atoms with E-state index in [1.807, 2.05) is 44.2 Å². The number of nitrogens with zero attached hydrogens (tertiary/aromatic N) is 1. The summed E-state index contributed by atoms with van der Waals surface area (Å²) in [6.07, 6.45) is 2.36. The number of aromatic nitrogens is 1. The zero-order valence-electron chi connectivity index (χ0n) is 13.1. The van der Waals surface area contributed by atoms with Crippen molar-refractivity contribution in [2.45, 2.75) is 25.2 Å². The van der Waals surface area contributed by atoms with Gasteiger partial charge in [0.1, 0.15) is 4.90 Å². The van der Waals surface area contributed by atoms with Gasteiger partial charge in [-0.1, -0.05) is 43.3 Å². The van der Waals surface area contributed by atoms with Gasteiger partial charge >= 0.3 is 0 Å². The molecule has 0 atom stereocenters. The van der Waals surface area contributed by atoms with Gasteiger partial charge in [0.25, 0.3) is 10.0 Å². The van der Waals surface area contributed by atoms with Gasteiger partial charge in [-0.25, -0.2) is 8.42 Å². The van der Waals surface area contributed by atoms with Crippen molar-refractivity contribution < 1.29 is 8.42 Å². The number of rotatable bonds is 4. The van der Waals surface area contributed by atoms with Gasteiger partial charge in [-0.15, -0.1) is 0 Å². The molecule has 0 spiro atoms. The molecular weight excluding hydrogens is 308 g/mol. The first-order valence-corrected chi connectivity index (χ1v) is 8.96. The van der Waals surface area contributed by atoms with E-state index in [9.17, 15) is 8.42 Å². The van der Waals surface area contributed by atoms with Crippen LogP contribution in [0.4, 0.5) is 5.69 Å². The summed E-state index contributed by atoms with van der Waals surface area (Å²) in [6.45, 7) is 3.91. The summed E-state index contributed by atoms with van der Waals surface area (Å²) in [5, 5.41) is 0.802. The maximum absolute atomic E-state index is 12.9. The summed E-state index contributed by atoms with van der Waals surface area (Å²) in [4.78, 5) is 4.43. The molecule has 0 bridgehead atoms. The van der Waals surface area contributed by atoms with Crippen LogP contribution in [0.5, 0.6) is 0 Å². The number of nitrogens with one attached hydrogen (secondary N) is 1. The first kappa shape index (κ1) is 15.5. The fourth-order valence-corrected chi connectivity index (χ4v) is 4.01. The number of benzene rings is 2. The Balaban J connectivity index is 2.13. The van der Waals surface area contributed by atoms with Gasteiger partial charge in [0, 0.05) is 11.6 Å². The van der Waals surface area contributed by atoms with E-state index < -0.39 is 10.0 Å². The van der Waals surface area contributed by atoms with Crippen molar-refractivity contribution in [3.8, 4) is 0 Å². The standard InChI is InChI=1S/C18H18N2O2S/c1-3-14-8-4-7-13(2)17(14)20-23(21,22)16-11-5-9-15-10-6-12-19-18(15)16/h4-12,20H,3H2,1-2H3. The highest BCUT2D eigenvalue weighted by Gasteiger charge is 2.20. The molecule has 0 saturated heterocycles. The predicted octanol–water partition coefficient (Wildman–Crippen LogP) is 3.91. The zero-order chi connectivity index (χ0) is 16.4. The number of para-hydroxylation sites is 2. The Hall–Kier alpha value is -2.40. The number of aryl methyl sites for hydroxylation is 2. The van der Waals surface area contributed by atoms with Gasteiger partial charge in [0.05, 0.1) is 11.2 Å². The molecule has 0 amide bonds. The van der Waals surface area contributed by atoms with Crippen molar-refractivity contribution in [1.82, 2.24) is 4.98 Å². The quantitative estimate of drug-likeness (QED) is 0.791. The average Bonchev–Trinajstić information content (AvgIpc) is 2.56. The summed E-state index contributed by atoms with van der Waals surface area (Å²) in [5.74, 6) is 0. The lowest BCUT2D eigenvalue weighted by Crippen LogP contribution is -2.15. The molecule has 0 radical (unpaired) electrons. The molecule has 118 valence electrons. The Morgan fingerprint density at radius 2 is 1.78 bits per heavy atom. The number of pyridine rings is 1. The van der Waals surface area contributed by atoms with E-state index in [1.165, 1.54) is 0 Å². The lowest BCUT2D eigenvalue weighted by atomic mass is 10.1. The number of hydrogen-bond acceptors (Lipinski definition) is 3. The van der Waals surface area contributed by atoms with Crippen molar-refractivity contribution in [2.24, 2.45) is 0 Å². The fourth-order valence-electron chi connectivity index (χ4n) is 2.65. The molecule has 5 heteroatoms. The van der Waals surface area contributed by atoms with E-state index in [0.717, 1.165) is 22.9 Å².